The minimum atomic E-state index is -0.313. The molecule has 2 saturated heterocycles. The Morgan fingerprint density at radius 2 is 2.12 bits per heavy atom. The minimum absolute atomic E-state index is 0.0117. The quantitative estimate of drug-likeness (QED) is 0.703. The summed E-state index contributed by atoms with van der Waals surface area (Å²) in [6.07, 6.45) is 4.65. The van der Waals surface area contributed by atoms with E-state index in [9.17, 15) is 9.59 Å². The molecule has 3 fully saturated rings. The van der Waals surface area contributed by atoms with Gasteiger partial charge in [0.05, 0.1) is 18.6 Å². The van der Waals surface area contributed by atoms with E-state index in [1.54, 1.807) is 0 Å². The minimum Gasteiger partial charge on any atom is -0.377 e. The van der Waals surface area contributed by atoms with Gasteiger partial charge in [-0.25, -0.2) is 0 Å². The molecule has 1 aliphatic carbocycles. The van der Waals surface area contributed by atoms with Crippen LogP contribution < -0.4 is 5.32 Å². The van der Waals surface area contributed by atoms with Crippen LogP contribution in [0, 0.1) is 0 Å². The molecule has 2 heterocycles. The van der Waals surface area contributed by atoms with Crippen LogP contribution in [0.5, 0.6) is 0 Å². The smallest absolute Gasteiger partial charge is 0.247 e. The molecule has 0 spiro atoms. The van der Waals surface area contributed by atoms with Gasteiger partial charge in [0.15, 0.2) is 0 Å². The highest BCUT2D eigenvalue weighted by atomic mass is 16.5. The van der Waals surface area contributed by atoms with Crippen LogP contribution in [-0.2, 0) is 14.3 Å². The predicted octanol–water partition coefficient (Wildman–Crippen LogP) is 0.0449. The Bertz CT molecular complexity index is 335. The maximum Gasteiger partial charge on any atom is 0.247 e. The summed E-state index contributed by atoms with van der Waals surface area (Å²) in [5.74, 6) is -0.0437. The molecule has 3 aliphatic rings. The highest BCUT2D eigenvalue weighted by molar-refractivity contribution is 6.06. The van der Waals surface area contributed by atoms with E-state index in [-0.39, 0.29) is 30.0 Å². The van der Waals surface area contributed by atoms with Crippen molar-refractivity contribution in [1.29, 1.82) is 0 Å². The van der Waals surface area contributed by atoms with E-state index in [0.717, 1.165) is 32.3 Å². The van der Waals surface area contributed by atoms with Gasteiger partial charge in [0.25, 0.3) is 0 Å². The number of nitrogens with one attached hydrogen (secondary N) is 1. The second-order valence-electron chi connectivity index (χ2n) is 5.13. The average molecular weight is 238 g/mol. The Kier molecular flexibility index (Phi) is 2.88. The second-order valence-corrected chi connectivity index (χ2v) is 5.13. The monoisotopic (exact) mass is 238 g/mol. The molecule has 3 rings (SSSR count). The highest BCUT2D eigenvalue weighted by Gasteiger charge is 2.45. The molecule has 17 heavy (non-hydrogen) atoms. The number of ether oxygens (including phenoxy) is 1. The Balaban J connectivity index is 1.53. The summed E-state index contributed by atoms with van der Waals surface area (Å²) < 4.78 is 5.49. The lowest BCUT2D eigenvalue weighted by atomic mass is 10.2. The lowest BCUT2D eigenvalue weighted by Crippen LogP contribution is -2.42. The van der Waals surface area contributed by atoms with Gasteiger partial charge >= 0.3 is 0 Å². The summed E-state index contributed by atoms with van der Waals surface area (Å²) in [4.78, 5) is 25.2. The largest absolute Gasteiger partial charge is 0.377 e. The molecule has 94 valence electrons. The van der Waals surface area contributed by atoms with Crippen molar-refractivity contribution in [2.75, 3.05) is 13.2 Å². The molecule has 2 unspecified atom stereocenters. The number of imide groups is 1. The molecule has 2 aliphatic heterocycles. The van der Waals surface area contributed by atoms with Crippen LogP contribution in [0.4, 0.5) is 0 Å². The predicted molar refractivity (Wildman–Crippen MR) is 60.3 cm³/mol. The number of hydrogen-bond acceptors (Lipinski definition) is 4. The molecule has 1 saturated carbocycles. The van der Waals surface area contributed by atoms with Crippen LogP contribution in [0.1, 0.15) is 32.1 Å². The van der Waals surface area contributed by atoms with Crippen LogP contribution in [0.15, 0.2) is 0 Å². The van der Waals surface area contributed by atoms with Crippen LogP contribution >= 0.6 is 0 Å². The average Bonchev–Trinajstić information content (AvgIpc) is 2.90. The summed E-state index contributed by atoms with van der Waals surface area (Å²) in [6.45, 7) is 1.50. The van der Waals surface area contributed by atoms with Gasteiger partial charge in [-0.1, -0.05) is 0 Å². The number of rotatable bonds is 4. The van der Waals surface area contributed by atoms with Gasteiger partial charge in [0, 0.05) is 19.2 Å². The van der Waals surface area contributed by atoms with Crippen molar-refractivity contribution in [2.45, 2.75) is 50.3 Å². The number of carbonyl (C=O) groups excluding carboxylic acids is 2. The van der Waals surface area contributed by atoms with E-state index in [0.29, 0.717) is 13.0 Å². The zero-order chi connectivity index (χ0) is 11.8. The fourth-order valence-electron chi connectivity index (χ4n) is 2.61. The summed E-state index contributed by atoms with van der Waals surface area (Å²) >= 11 is 0. The van der Waals surface area contributed by atoms with Crippen LogP contribution in [0.25, 0.3) is 0 Å². The van der Waals surface area contributed by atoms with Crippen molar-refractivity contribution in [3.63, 3.8) is 0 Å². The van der Waals surface area contributed by atoms with Gasteiger partial charge in [-0.2, -0.15) is 0 Å². The van der Waals surface area contributed by atoms with E-state index in [4.69, 9.17) is 4.74 Å². The van der Waals surface area contributed by atoms with Crippen molar-refractivity contribution >= 4 is 11.8 Å². The number of carbonyl (C=O) groups is 2. The van der Waals surface area contributed by atoms with E-state index in [1.165, 1.54) is 4.90 Å². The normalized spacial score (nSPS) is 33.8. The van der Waals surface area contributed by atoms with Crippen molar-refractivity contribution in [1.82, 2.24) is 10.2 Å². The molecule has 1 N–H and O–H groups in total. The lowest BCUT2D eigenvalue weighted by molar-refractivity contribution is -0.139. The highest BCUT2D eigenvalue weighted by Crippen LogP contribution is 2.31. The molecule has 5 nitrogen and oxygen atoms in total. The first-order valence-electron chi connectivity index (χ1n) is 6.46. The number of likely N-dealkylation sites (tertiary alicyclic amines) is 1. The fraction of sp³-hybridized carbons (Fsp3) is 0.833. The molecule has 2 amide bonds. The number of hydrogen-bond donors (Lipinski definition) is 1. The maximum atomic E-state index is 12.0. The SMILES string of the molecule is O=C1CC(NCC2CCCO2)C(=O)N1C1CC1. The molecule has 0 aromatic rings. The van der Waals surface area contributed by atoms with Crippen molar-refractivity contribution in [2.24, 2.45) is 0 Å². The summed E-state index contributed by atoms with van der Waals surface area (Å²) in [6, 6.07) is -0.114. The Labute approximate surface area is 100 Å². The zero-order valence-electron chi connectivity index (χ0n) is 9.85. The number of nitrogens with zero attached hydrogens (tertiary/aromatic N) is 1. The first kappa shape index (κ1) is 11.2. The third-order valence-electron chi connectivity index (χ3n) is 3.71. The Morgan fingerprint density at radius 1 is 1.29 bits per heavy atom. The summed E-state index contributed by atoms with van der Waals surface area (Å²) in [7, 11) is 0. The van der Waals surface area contributed by atoms with E-state index in [2.05, 4.69) is 5.32 Å². The molecule has 0 radical (unpaired) electrons. The third-order valence-corrected chi connectivity index (χ3v) is 3.71. The zero-order valence-corrected chi connectivity index (χ0v) is 9.85. The molecule has 0 aromatic carbocycles. The molecule has 5 heteroatoms. The van der Waals surface area contributed by atoms with E-state index >= 15 is 0 Å². The second kappa shape index (κ2) is 4.38. The first-order valence-corrected chi connectivity index (χ1v) is 6.46. The van der Waals surface area contributed by atoms with Gasteiger partial charge in [0.2, 0.25) is 11.8 Å². The van der Waals surface area contributed by atoms with Crippen LogP contribution in [-0.4, -0.2) is 48.1 Å². The molecular formula is C12H18N2O3. The van der Waals surface area contributed by atoms with Crippen molar-refractivity contribution < 1.29 is 14.3 Å². The van der Waals surface area contributed by atoms with Gasteiger partial charge in [-0.3, -0.25) is 14.5 Å². The first-order chi connectivity index (χ1) is 8.25. The van der Waals surface area contributed by atoms with Gasteiger partial charge in [0.1, 0.15) is 0 Å². The molecule has 0 aromatic heterocycles. The maximum absolute atomic E-state index is 12.0. The third kappa shape index (κ3) is 2.21. The summed E-state index contributed by atoms with van der Waals surface area (Å²) in [5.41, 5.74) is 0. The van der Waals surface area contributed by atoms with Crippen LogP contribution in [0.3, 0.4) is 0 Å². The van der Waals surface area contributed by atoms with Crippen LogP contribution in [0.2, 0.25) is 0 Å². The molecular weight excluding hydrogens is 220 g/mol. The Hall–Kier alpha value is -0.940. The molecule has 2 atom stereocenters. The number of amides is 2. The van der Waals surface area contributed by atoms with Crippen molar-refractivity contribution in [3.05, 3.63) is 0 Å². The molecule has 0 bridgehead atoms. The Morgan fingerprint density at radius 3 is 2.76 bits per heavy atom. The standard InChI is InChI=1S/C12H18N2O3/c15-11-6-10(12(16)14(11)8-3-4-8)13-7-9-2-1-5-17-9/h8-10,13H,1-7H2. The van der Waals surface area contributed by atoms with E-state index in [1.807, 2.05) is 0 Å². The van der Waals surface area contributed by atoms with Gasteiger partial charge < -0.3 is 10.1 Å². The topological polar surface area (TPSA) is 58.6 Å². The van der Waals surface area contributed by atoms with E-state index < -0.39 is 0 Å². The lowest BCUT2D eigenvalue weighted by Gasteiger charge is -2.16. The van der Waals surface area contributed by atoms with Gasteiger partial charge in [-0.15, -0.1) is 0 Å². The summed E-state index contributed by atoms with van der Waals surface area (Å²) in [5, 5.41) is 3.18. The van der Waals surface area contributed by atoms with Crippen molar-refractivity contribution in [3.8, 4) is 0 Å². The van der Waals surface area contributed by atoms with Gasteiger partial charge in [-0.05, 0) is 25.7 Å². The fourth-order valence-corrected chi connectivity index (χ4v) is 2.61.